The molecule has 1 aliphatic rings. The number of furan rings is 1. The molecule has 3 N–H and O–H groups in total. The highest BCUT2D eigenvalue weighted by Crippen LogP contribution is 2.23. The van der Waals surface area contributed by atoms with Crippen LogP contribution in [0.4, 0.5) is 10.1 Å². The highest BCUT2D eigenvalue weighted by Gasteiger charge is 2.28. The van der Waals surface area contributed by atoms with Crippen LogP contribution in [-0.2, 0) is 16.0 Å². The molecule has 0 radical (unpaired) electrons. The SMILES string of the molecule is Cc1cc2cc(NC(=NC3CCCCN(CC(=O)NCCc4ccc(F)cc4)C3=O)NC#N)ccc2o1. The molecule has 192 valence electrons. The fourth-order valence-corrected chi connectivity index (χ4v) is 4.28. The van der Waals surface area contributed by atoms with E-state index in [0.717, 1.165) is 35.1 Å². The Hall–Kier alpha value is -4.39. The first-order chi connectivity index (χ1) is 17.9. The van der Waals surface area contributed by atoms with Gasteiger partial charge in [-0.2, -0.15) is 5.26 Å². The standard InChI is InChI=1S/C27H29FN6O3/c1-18-14-20-15-22(9-10-24(20)37-18)32-27(31-17-29)33-23-4-2-3-13-34(26(23)36)16-25(35)30-12-11-19-5-7-21(28)8-6-19/h5-10,14-15,23H,2-4,11-13,16H2,1H3,(H,30,35)(H2,31,32,33). The van der Waals surface area contributed by atoms with Crippen LogP contribution < -0.4 is 16.0 Å². The third-order valence-electron chi connectivity index (χ3n) is 6.10. The number of guanidine groups is 1. The number of likely N-dealkylation sites (tertiary alicyclic amines) is 1. The van der Waals surface area contributed by atoms with Gasteiger partial charge in [-0.25, -0.2) is 9.38 Å². The van der Waals surface area contributed by atoms with Crippen molar-refractivity contribution in [2.24, 2.45) is 4.99 Å². The number of anilines is 1. The lowest BCUT2D eigenvalue weighted by atomic mass is 10.1. The van der Waals surface area contributed by atoms with Gasteiger partial charge in [-0.05, 0) is 74.6 Å². The Morgan fingerprint density at radius 1 is 1.22 bits per heavy atom. The summed E-state index contributed by atoms with van der Waals surface area (Å²) in [6, 6.07) is 12.8. The molecule has 1 fully saturated rings. The highest BCUT2D eigenvalue weighted by molar-refractivity contribution is 5.98. The Morgan fingerprint density at radius 3 is 2.81 bits per heavy atom. The third kappa shape index (κ3) is 7.07. The lowest BCUT2D eigenvalue weighted by Gasteiger charge is -2.22. The van der Waals surface area contributed by atoms with Crippen LogP contribution in [0.3, 0.4) is 0 Å². The quantitative estimate of drug-likeness (QED) is 0.196. The van der Waals surface area contributed by atoms with Crippen molar-refractivity contribution >= 4 is 34.4 Å². The summed E-state index contributed by atoms with van der Waals surface area (Å²) < 4.78 is 18.6. The zero-order valence-electron chi connectivity index (χ0n) is 20.6. The lowest BCUT2D eigenvalue weighted by molar-refractivity contribution is -0.136. The molecule has 1 aromatic heterocycles. The minimum atomic E-state index is -0.724. The summed E-state index contributed by atoms with van der Waals surface area (Å²) in [5, 5.41) is 18.5. The van der Waals surface area contributed by atoms with Gasteiger partial charge >= 0.3 is 0 Å². The summed E-state index contributed by atoms with van der Waals surface area (Å²) in [4.78, 5) is 31.8. The predicted molar refractivity (Wildman–Crippen MR) is 138 cm³/mol. The molecular formula is C27H29FN6O3. The molecule has 0 saturated carbocycles. The Morgan fingerprint density at radius 2 is 2.03 bits per heavy atom. The molecular weight excluding hydrogens is 475 g/mol. The largest absolute Gasteiger partial charge is 0.461 e. The number of rotatable bonds is 7. The maximum Gasteiger partial charge on any atom is 0.247 e. The summed E-state index contributed by atoms with van der Waals surface area (Å²) >= 11 is 0. The molecule has 4 rings (SSSR count). The molecule has 10 heteroatoms. The molecule has 2 aromatic carbocycles. The van der Waals surface area contributed by atoms with Crippen molar-refractivity contribution in [2.75, 3.05) is 25.0 Å². The molecule has 1 unspecified atom stereocenters. The molecule has 1 saturated heterocycles. The number of carbonyl (C=O) groups is 2. The molecule has 2 heterocycles. The van der Waals surface area contributed by atoms with Gasteiger partial charge in [-0.15, -0.1) is 0 Å². The highest BCUT2D eigenvalue weighted by atomic mass is 19.1. The van der Waals surface area contributed by atoms with Crippen LogP contribution >= 0.6 is 0 Å². The average Bonchev–Trinajstić information content (AvgIpc) is 3.16. The van der Waals surface area contributed by atoms with Crippen molar-refractivity contribution in [3.8, 4) is 6.19 Å². The van der Waals surface area contributed by atoms with Crippen molar-refractivity contribution in [3.63, 3.8) is 0 Å². The summed E-state index contributed by atoms with van der Waals surface area (Å²) in [6.45, 7) is 2.64. The number of amides is 2. The number of hydrogen-bond donors (Lipinski definition) is 3. The molecule has 1 atom stereocenters. The molecule has 1 aliphatic heterocycles. The van der Waals surface area contributed by atoms with Crippen molar-refractivity contribution in [1.82, 2.24) is 15.5 Å². The molecule has 3 aromatic rings. The van der Waals surface area contributed by atoms with Crippen molar-refractivity contribution in [3.05, 3.63) is 65.7 Å². The van der Waals surface area contributed by atoms with E-state index in [4.69, 9.17) is 4.42 Å². The fraction of sp³-hybridized carbons (Fsp3) is 0.333. The molecule has 37 heavy (non-hydrogen) atoms. The molecule has 0 spiro atoms. The molecule has 9 nitrogen and oxygen atoms in total. The van der Waals surface area contributed by atoms with Crippen LogP contribution in [0.2, 0.25) is 0 Å². The fourth-order valence-electron chi connectivity index (χ4n) is 4.28. The first kappa shape index (κ1) is 25.7. The number of hydrogen-bond acceptors (Lipinski definition) is 5. The van der Waals surface area contributed by atoms with Crippen LogP contribution in [-0.4, -0.2) is 48.3 Å². The van der Waals surface area contributed by atoms with Crippen LogP contribution in [0.25, 0.3) is 11.0 Å². The van der Waals surface area contributed by atoms with E-state index in [1.165, 1.54) is 17.0 Å². The van der Waals surface area contributed by atoms with Crippen molar-refractivity contribution in [1.29, 1.82) is 5.26 Å². The van der Waals surface area contributed by atoms with E-state index < -0.39 is 6.04 Å². The maximum absolute atomic E-state index is 13.2. The number of aliphatic imine (C=N–C) groups is 1. The minimum absolute atomic E-state index is 0.0702. The zero-order chi connectivity index (χ0) is 26.2. The smallest absolute Gasteiger partial charge is 0.247 e. The van der Waals surface area contributed by atoms with Gasteiger partial charge in [0.1, 0.15) is 23.2 Å². The molecule has 2 amide bonds. The van der Waals surface area contributed by atoms with E-state index in [1.807, 2.05) is 31.3 Å². The predicted octanol–water partition coefficient (Wildman–Crippen LogP) is 3.46. The van der Waals surface area contributed by atoms with E-state index in [1.54, 1.807) is 18.2 Å². The van der Waals surface area contributed by atoms with Crippen LogP contribution in [0.5, 0.6) is 0 Å². The van der Waals surface area contributed by atoms with Gasteiger partial charge in [0.2, 0.25) is 17.8 Å². The number of nitriles is 1. The van der Waals surface area contributed by atoms with Gasteiger partial charge in [0.15, 0.2) is 6.19 Å². The minimum Gasteiger partial charge on any atom is -0.461 e. The van der Waals surface area contributed by atoms with Gasteiger partial charge in [-0.3, -0.25) is 14.9 Å². The summed E-state index contributed by atoms with van der Waals surface area (Å²) in [7, 11) is 0. The van der Waals surface area contributed by atoms with Crippen LogP contribution in [0.15, 0.2) is 57.9 Å². The summed E-state index contributed by atoms with van der Waals surface area (Å²) in [5.41, 5.74) is 2.35. The topological polar surface area (TPSA) is 123 Å². The zero-order valence-corrected chi connectivity index (χ0v) is 20.6. The number of aryl methyl sites for hydroxylation is 1. The van der Waals surface area contributed by atoms with Gasteiger partial charge in [0.25, 0.3) is 0 Å². The molecule has 0 aliphatic carbocycles. The van der Waals surface area contributed by atoms with Gasteiger partial charge < -0.3 is 20.0 Å². The van der Waals surface area contributed by atoms with Crippen molar-refractivity contribution in [2.45, 2.75) is 38.6 Å². The van der Waals surface area contributed by atoms with Gasteiger partial charge in [0.05, 0.1) is 6.54 Å². The Kier molecular flexibility index (Phi) is 8.36. The second-order valence-electron chi connectivity index (χ2n) is 8.95. The van der Waals surface area contributed by atoms with Gasteiger partial charge in [-0.1, -0.05) is 12.1 Å². The molecule has 0 bridgehead atoms. The number of nitrogens with zero attached hydrogens (tertiary/aromatic N) is 3. The lowest BCUT2D eigenvalue weighted by Crippen LogP contribution is -2.44. The van der Waals surface area contributed by atoms with E-state index >= 15 is 0 Å². The van der Waals surface area contributed by atoms with Crippen molar-refractivity contribution < 1.29 is 18.4 Å². The number of halogens is 1. The first-order valence-corrected chi connectivity index (χ1v) is 12.2. The third-order valence-corrected chi connectivity index (χ3v) is 6.10. The van der Waals surface area contributed by atoms with E-state index in [9.17, 15) is 19.2 Å². The van der Waals surface area contributed by atoms with E-state index in [-0.39, 0.29) is 30.1 Å². The number of carbonyl (C=O) groups excluding carboxylic acids is 2. The van der Waals surface area contributed by atoms with E-state index in [0.29, 0.717) is 31.6 Å². The Balaban J connectivity index is 1.38. The Bertz CT molecular complexity index is 1330. The monoisotopic (exact) mass is 504 g/mol. The number of benzene rings is 2. The second kappa shape index (κ2) is 12.0. The normalized spacial score (nSPS) is 16.2. The van der Waals surface area contributed by atoms with Crippen LogP contribution in [0, 0.1) is 24.2 Å². The van der Waals surface area contributed by atoms with Crippen LogP contribution in [0.1, 0.15) is 30.6 Å². The summed E-state index contributed by atoms with van der Waals surface area (Å²) in [6.07, 6.45) is 4.46. The number of fused-ring (bicyclic) bond motifs is 1. The summed E-state index contributed by atoms with van der Waals surface area (Å²) in [5.74, 6) is 0.122. The van der Waals surface area contributed by atoms with Gasteiger partial charge in [0, 0.05) is 24.2 Å². The maximum atomic E-state index is 13.2. The Labute approximate surface area is 214 Å². The first-order valence-electron chi connectivity index (χ1n) is 12.2. The average molecular weight is 505 g/mol. The number of nitrogens with one attached hydrogen (secondary N) is 3. The van der Waals surface area contributed by atoms with E-state index in [2.05, 4.69) is 20.9 Å². The second-order valence-corrected chi connectivity index (χ2v) is 8.95.